The Morgan fingerprint density at radius 2 is 1.11 bits per heavy atom. The average molecular weight is 888 g/mol. The van der Waals surface area contributed by atoms with Gasteiger partial charge in [0.15, 0.2) is 23.8 Å². The minimum absolute atomic E-state index is 0.198. The van der Waals surface area contributed by atoms with Crippen molar-refractivity contribution in [3.8, 4) is 0 Å². The molecule has 2 fully saturated rings. The Balaban J connectivity index is 0. The highest BCUT2D eigenvalue weighted by Gasteiger charge is 2.38. The van der Waals surface area contributed by atoms with Crippen LogP contribution >= 0.6 is 0 Å². The Morgan fingerprint density at radius 3 is 1.60 bits per heavy atom. The number of rotatable bonds is 32. The predicted octanol–water partition coefficient (Wildman–Crippen LogP) is 3.32. The smallest absolute Gasteiger partial charge is 0.275 e. The van der Waals surface area contributed by atoms with Crippen molar-refractivity contribution in [3.05, 3.63) is 6.61 Å². The fourth-order valence-corrected chi connectivity index (χ4v) is 5.13. The van der Waals surface area contributed by atoms with Crippen LogP contribution in [0.1, 0.15) is 132 Å². The summed E-state index contributed by atoms with van der Waals surface area (Å²) in [6, 6.07) is 0. The summed E-state index contributed by atoms with van der Waals surface area (Å²) in [6.45, 7) is 26.1. The summed E-state index contributed by atoms with van der Waals surface area (Å²) >= 11 is 0. The van der Waals surface area contributed by atoms with Gasteiger partial charge in [0.2, 0.25) is 0 Å². The SMILES string of the molecule is CC(C)CCCN=C(N)N.CC(C)CCCN=C(N)N.CC(C)CCCN=C(N)NCC(O)COCCCC(O)CN=C(N)NCCCC(C)C.[CH+]1OC1CCCOCC1CO1. The molecule has 18 heteroatoms. The highest BCUT2D eigenvalue weighted by molar-refractivity contribution is 5.78. The van der Waals surface area contributed by atoms with Gasteiger partial charge in [0, 0.05) is 52.4 Å². The van der Waals surface area contributed by atoms with Gasteiger partial charge in [0.1, 0.15) is 6.10 Å². The zero-order valence-electron chi connectivity index (χ0n) is 40.2. The van der Waals surface area contributed by atoms with Crippen LogP contribution < -0.4 is 45.0 Å². The van der Waals surface area contributed by atoms with Gasteiger partial charge in [-0.05, 0) is 94.3 Å². The first-order valence-electron chi connectivity index (χ1n) is 23.2. The number of epoxide rings is 2. The third-order valence-electron chi connectivity index (χ3n) is 8.89. The fourth-order valence-electron chi connectivity index (χ4n) is 5.13. The molecule has 4 unspecified atom stereocenters. The summed E-state index contributed by atoms with van der Waals surface area (Å²) in [6.07, 6.45) is 11.9. The van der Waals surface area contributed by atoms with E-state index in [0.29, 0.717) is 68.5 Å². The van der Waals surface area contributed by atoms with E-state index in [1.165, 1.54) is 12.8 Å². The second-order valence-electron chi connectivity index (χ2n) is 17.6. The van der Waals surface area contributed by atoms with E-state index in [2.05, 4.69) is 86.0 Å². The zero-order valence-corrected chi connectivity index (χ0v) is 40.2. The Hall–Kier alpha value is -3.29. The van der Waals surface area contributed by atoms with Crippen LogP contribution in [0.2, 0.25) is 0 Å². The van der Waals surface area contributed by atoms with Crippen molar-refractivity contribution in [3.63, 3.8) is 0 Å². The summed E-state index contributed by atoms with van der Waals surface area (Å²) in [4.78, 5) is 16.1. The number of hydrogen-bond acceptors (Lipinski definition) is 10. The minimum atomic E-state index is -0.666. The molecule has 0 aromatic carbocycles. The van der Waals surface area contributed by atoms with E-state index in [1.54, 1.807) is 0 Å². The van der Waals surface area contributed by atoms with E-state index in [9.17, 15) is 10.2 Å². The van der Waals surface area contributed by atoms with Crippen molar-refractivity contribution in [1.82, 2.24) is 10.6 Å². The van der Waals surface area contributed by atoms with Crippen molar-refractivity contribution >= 4 is 23.8 Å². The van der Waals surface area contributed by atoms with Gasteiger partial charge in [-0.15, -0.1) is 4.74 Å². The van der Waals surface area contributed by atoms with Gasteiger partial charge in [-0.25, -0.2) is 0 Å². The molecule has 2 heterocycles. The third-order valence-corrected chi connectivity index (χ3v) is 8.89. The monoisotopic (exact) mass is 888 g/mol. The second kappa shape index (κ2) is 41.7. The van der Waals surface area contributed by atoms with Crippen LogP contribution in [0.5, 0.6) is 0 Å². The first kappa shape index (κ1) is 60.8. The van der Waals surface area contributed by atoms with Crippen LogP contribution in [0.15, 0.2) is 20.0 Å². The number of ether oxygens (including phenoxy) is 4. The van der Waals surface area contributed by atoms with E-state index in [-0.39, 0.29) is 25.1 Å². The van der Waals surface area contributed by atoms with Gasteiger partial charge in [0.25, 0.3) is 12.7 Å². The summed E-state index contributed by atoms with van der Waals surface area (Å²) in [5.74, 6) is 3.95. The highest BCUT2D eigenvalue weighted by Crippen LogP contribution is 2.21. The van der Waals surface area contributed by atoms with E-state index < -0.39 is 12.2 Å². The van der Waals surface area contributed by atoms with Gasteiger partial charge in [-0.2, -0.15) is 0 Å². The van der Waals surface area contributed by atoms with Gasteiger partial charge < -0.3 is 69.5 Å². The molecule has 2 aliphatic rings. The van der Waals surface area contributed by atoms with Crippen molar-refractivity contribution in [2.24, 2.45) is 78.0 Å². The standard InChI is InChI=1S/C22H48N6O3.C8H13O3.2C7H17N3/c1-17(2)8-5-11-25-21(23)27-14-19(29)10-7-13-31-16-20(30)15-28-22(24)26-12-6-9-18(3)4;1(2-7-5-10-7)3-9-4-8-6-11-8;2*1-6(2)4-3-5-10-7(8)9/h17-20,29-30H,5-16H2,1-4H3,(H3,23,25,27)(H3,24,26,28);5,7-8H,1-4,6H2;2*6H,3-5H2,1-2H3,(H4,8,9,10)/q;+1;;. The number of nitrogens with two attached hydrogens (primary N) is 6. The van der Waals surface area contributed by atoms with Crippen molar-refractivity contribution in [2.75, 3.05) is 72.3 Å². The average Bonchev–Trinajstić information content (AvgIpc) is 4.14. The maximum Gasteiger partial charge on any atom is 0.275 e. The Kier molecular flexibility index (Phi) is 40.9. The molecule has 0 saturated carbocycles. The van der Waals surface area contributed by atoms with Gasteiger partial charge in [-0.1, -0.05) is 55.4 Å². The molecule has 0 amide bonds. The lowest BCUT2D eigenvalue weighted by Crippen LogP contribution is -2.39. The first-order chi connectivity index (χ1) is 29.4. The highest BCUT2D eigenvalue weighted by atomic mass is 16.6. The van der Waals surface area contributed by atoms with E-state index in [1.807, 2.05) is 6.61 Å². The normalized spacial score (nSPS) is 16.5. The molecule has 0 aromatic heterocycles. The molecule has 2 saturated heterocycles. The zero-order chi connectivity index (χ0) is 47.0. The summed E-state index contributed by atoms with van der Waals surface area (Å²) in [5.41, 5.74) is 32.1. The lowest BCUT2D eigenvalue weighted by molar-refractivity contribution is 0.0337. The number of guanidine groups is 4. The molecule has 0 aromatic rings. The second-order valence-corrected chi connectivity index (χ2v) is 17.6. The van der Waals surface area contributed by atoms with Crippen LogP contribution in [0.25, 0.3) is 0 Å². The molecule has 0 aliphatic carbocycles. The molecule has 62 heavy (non-hydrogen) atoms. The van der Waals surface area contributed by atoms with Gasteiger partial charge in [-0.3, -0.25) is 20.0 Å². The van der Waals surface area contributed by atoms with Crippen LogP contribution in [0.4, 0.5) is 0 Å². The van der Waals surface area contributed by atoms with Crippen LogP contribution in [0, 0.1) is 30.3 Å². The lowest BCUT2D eigenvalue weighted by Gasteiger charge is -2.13. The van der Waals surface area contributed by atoms with Crippen molar-refractivity contribution in [1.29, 1.82) is 0 Å². The van der Waals surface area contributed by atoms with Crippen LogP contribution in [-0.4, -0.2) is 131 Å². The maximum absolute atomic E-state index is 9.98. The van der Waals surface area contributed by atoms with E-state index in [0.717, 1.165) is 103 Å². The predicted molar refractivity (Wildman–Crippen MR) is 258 cm³/mol. The van der Waals surface area contributed by atoms with E-state index in [4.69, 9.17) is 53.3 Å². The van der Waals surface area contributed by atoms with Crippen molar-refractivity contribution < 1.29 is 29.2 Å². The molecular formula is C44H95N12O6+. The number of aliphatic imine (C=N–C) groups is 4. The Morgan fingerprint density at radius 1 is 0.629 bits per heavy atom. The molecule has 2 rings (SSSR count). The number of hydrogen-bond donors (Lipinski definition) is 10. The largest absolute Gasteiger partial charge is 0.391 e. The Bertz CT molecular complexity index is 1090. The molecule has 16 N–H and O–H groups in total. The topological polar surface area (TPSA) is 314 Å². The van der Waals surface area contributed by atoms with E-state index >= 15 is 0 Å². The quantitative estimate of drug-likeness (QED) is 0.0152. The molecule has 0 radical (unpaired) electrons. The number of nitrogens with one attached hydrogen (secondary N) is 2. The summed E-state index contributed by atoms with van der Waals surface area (Å²) in [7, 11) is 0. The molecule has 18 nitrogen and oxygen atoms in total. The Labute approximate surface area is 376 Å². The summed E-state index contributed by atoms with van der Waals surface area (Å²) < 4.78 is 20.7. The van der Waals surface area contributed by atoms with Crippen LogP contribution in [-0.2, 0) is 18.9 Å². The van der Waals surface area contributed by atoms with Gasteiger partial charge >= 0.3 is 0 Å². The molecule has 0 spiro atoms. The van der Waals surface area contributed by atoms with Crippen LogP contribution in [0.3, 0.4) is 0 Å². The fraction of sp³-hybridized carbons (Fsp3) is 0.886. The summed E-state index contributed by atoms with van der Waals surface area (Å²) in [5, 5.41) is 25.9. The number of aliphatic hydroxyl groups is 2. The molecule has 4 atom stereocenters. The van der Waals surface area contributed by atoms with Gasteiger partial charge in [0.05, 0.1) is 38.6 Å². The number of aliphatic hydroxyl groups excluding tert-OH is 2. The third kappa shape index (κ3) is 54.7. The van der Waals surface area contributed by atoms with Crippen molar-refractivity contribution in [2.45, 2.75) is 157 Å². The first-order valence-corrected chi connectivity index (χ1v) is 23.2. The number of nitrogens with zero attached hydrogens (tertiary/aromatic N) is 4. The molecule has 366 valence electrons. The minimum Gasteiger partial charge on any atom is -0.391 e. The lowest BCUT2D eigenvalue weighted by atomic mass is 10.1. The maximum atomic E-state index is 9.98. The molecule has 2 aliphatic heterocycles. The molecule has 0 bridgehead atoms. The molecular weight excluding hydrogens is 793 g/mol.